The van der Waals surface area contributed by atoms with Crippen LogP contribution in [0.2, 0.25) is 0 Å². The highest BCUT2D eigenvalue weighted by Gasteiger charge is 2.20. The summed E-state index contributed by atoms with van der Waals surface area (Å²) >= 11 is 1.98. The topological polar surface area (TPSA) is 55.6 Å². The normalized spacial score (nSPS) is 16.5. The molecule has 2 aromatic rings. The van der Waals surface area contributed by atoms with Crippen LogP contribution in [-0.2, 0) is 26.3 Å². The summed E-state index contributed by atoms with van der Waals surface area (Å²) < 4.78 is 0. The molecule has 1 aliphatic carbocycles. The Labute approximate surface area is 129 Å². The van der Waals surface area contributed by atoms with E-state index in [2.05, 4.69) is 33.7 Å². The van der Waals surface area contributed by atoms with Crippen LogP contribution in [0, 0.1) is 0 Å². The van der Waals surface area contributed by atoms with Crippen molar-refractivity contribution >= 4 is 11.3 Å². The van der Waals surface area contributed by atoms with Gasteiger partial charge in [-0.1, -0.05) is 13.3 Å². The first-order valence-electron chi connectivity index (χ1n) is 7.84. The van der Waals surface area contributed by atoms with Crippen molar-refractivity contribution in [2.45, 2.75) is 51.5 Å². The molecule has 6 heteroatoms. The predicted octanol–water partition coefficient (Wildman–Crippen LogP) is 2.43. The molecule has 0 fully saturated rings. The molecule has 0 saturated carbocycles. The molecule has 0 saturated heterocycles. The lowest BCUT2D eigenvalue weighted by atomic mass is 10.1. The van der Waals surface area contributed by atoms with Crippen LogP contribution in [0.1, 0.15) is 53.4 Å². The van der Waals surface area contributed by atoms with Gasteiger partial charge in [0.25, 0.3) is 0 Å². The summed E-state index contributed by atoms with van der Waals surface area (Å²) in [6.07, 6.45) is 7.35. The molecule has 1 aliphatic rings. The van der Waals surface area contributed by atoms with E-state index in [9.17, 15) is 0 Å². The number of hydrogen-bond acceptors (Lipinski definition) is 5. The second-order valence-corrected chi connectivity index (χ2v) is 6.84. The van der Waals surface area contributed by atoms with Gasteiger partial charge in [-0.15, -0.1) is 21.5 Å². The largest absolute Gasteiger partial charge is 0.309 e. The molecular weight excluding hydrogens is 282 g/mol. The van der Waals surface area contributed by atoms with Crippen LogP contribution >= 0.6 is 11.3 Å². The van der Waals surface area contributed by atoms with Crippen LogP contribution in [0.25, 0.3) is 0 Å². The van der Waals surface area contributed by atoms with Crippen molar-refractivity contribution in [2.75, 3.05) is 6.54 Å². The molecule has 1 atom stereocenters. The second kappa shape index (κ2) is 6.66. The van der Waals surface area contributed by atoms with Crippen molar-refractivity contribution in [3.05, 3.63) is 27.2 Å². The van der Waals surface area contributed by atoms with Gasteiger partial charge in [-0.25, -0.2) is 0 Å². The van der Waals surface area contributed by atoms with E-state index in [-0.39, 0.29) is 0 Å². The fourth-order valence-corrected chi connectivity index (χ4v) is 4.30. The Morgan fingerprint density at radius 1 is 1.33 bits per heavy atom. The molecule has 21 heavy (non-hydrogen) atoms. The van der Waals surface area contributed by atoms with E-state index in [1.54, 1.807) is 10.4 Å². The third-order valence-corrected chi connectivity index (χ3v) is 5.35. The fourth-order valence-electron chi connectivity index (χ4n) is 2.97. The highest BCUT2D eigenvalue weighted by Crippen LogP contribution is 2.33. The van der Waals surface area contributed by atoms with E-state index in [0.29, 0.717) is 6.04 Å². The summed E-state index contributed by atoms with van der Waals surface area (Å²) in [4.78, 5) is 4.55. The van der Waals surface area contributed by atoms with Crippen molar-refractivity contribution in [3.63, 3.8) is 0 Å². The molecule has 2 heterocycles. The van der Waals surface area contributed by atoms with Gasteiger partial charge in [0.15, 0.2) is 5.82 Å². The average molecular weight is 305 g/mol. The summed E-state index contributed by atoms with van der Waals surface area (Å²) in [7, 11) is 1.81. The zero-order valence-corrected chi connectivity index (χ0v) is 13.6. The third kappa shape index (κ3) is 3.49. The molecular formula is C15H23N5S. The Morgan fingerprint density at radius 2 is 2.19 bits per heavy atom. The van der Waals surface area contributed by atoms with Gasteiger partial charge in [0.1, 0.15) is 0 Å². The van der Waals surface area contributed by atoms with Crippen molar-refractivity contribution in [1.82, 2.24) is 25.5 Å². The van der Waals surface area contributed by atoms with Gasteiger partial charge in [0.2, 0.25) is 0 Å². The van der Waals surface area contributed by atoms with Gasteiger partial charge in [0.05, 0.1) is 7.05 Å². The number of fused-ring (bicyclic) bond motifs is 1. The number of rotatable bonds is 5. The van der Waals surface area contributed by atoms with Gasteiger partial charge in [-0.05, 0) is 49.1 Å². The number of thiophene rings is 1. The minimum atomic E-state index is 0.302. The summed E-state index contributed by atoms with van der Waals surface area (Å²) in [5.41, 5.74) is 1.57. The van der Waals surface area contributed by atoms with E-state index >= 15 is 0 Å². The Hall–Kier alpha value is -1.27. The minimum absolute atomic E-state index is 0.302. The average Bonchev–Trinajstić information content (AvgIpc) is 2.99. The van der Waals surface area contributed by atoms with E-state index in [1.807, 2.05) is 18.4 Å². The zero-order valence-electron chi connectivity index (χ0n) is 12.8. The number of nitrogens with one attached hydrogen (secondary N) is 1. The molecule has 114 valence electrons. The van der Waals surface area contributed by atoms with Crippen LogP contribution in [0.3, 0.4) is 0 Å². The van der Waals surface area contributed by atoms with Gasteiger partial charge < -0.3 is 5.32 Å². The Balaban J connectivity index is 1.80. The lowest BCUT2D eigenvalue weighted by Gasteiger charge is -2.14. The Kier molecular flexibility index (Phi) is 4.65. The zero-order chi connectivity index (χ0) is 14.7. The first-order chi connectivity index (χ1) is 10.3. The van der Waals surface area contributed by atoms with Gasteiger partial charge in [-0.2, -0.15) is 4.80 Å². The molecule has 0 radical (unpaired) electrons. The Bertz CT molecular complexity index is 565. The highest BCUT2D eigenvalue weighted by molar-refractivity contribution is 7.12. The van der Waals surface area contributed by atoms with Crippen LogP contribution in [-0.4, -0.2) is 26.8 Å². The predicted molar refractivity (Wildman–Crippen MR) is 84.5 cm³/mol. The molecule has 1 unspecified atom stereocenters. The number of likely N-dealkylation sites (N-methyl/N-ethyl adjacent to an activating group) is 1. The maximum absolute atomic E-state index is 4.31. The van der Waals surface area contributed by atoms with E-state index < -0.39 is 0 Å². The lowest BCUT2D eigenvalue weighted by Crippen LogP contribution is -2.22. The summed E-state index contributed by atoms with van der Waals surface area (Å²) in [6.45, 7) is 3.10. The molecule has 3 rings (SSSR count). The van der Waals surface area contributed by atoms with Crippen LogP contribution in [0.15, 0.2) is 6.07 Å². The number of aryl methyl sites for hydroxylation is 3. The summed E-state index contributed by atoms with van der Waals surface area (Å²) in [5, 5.41) is 15.9. The first kappa shape index (κ1) is 14.7. The fraction of sp³-hybridized carbons (Fsp3) is 0.667. The van der Waals surface area contributed by atoms with Crippen LogP contribution in [0.4, 0.5) is 0 Å². The molecule has 1 N–H and O–H groups in total. The molecule has 0 spiro atoms. The molecule has 0 aliphatic heterocycles. The number of hydrogen-bond donors (Lipinski definition) is 1. The van der Waals surface area contributed by atoms with E-state index in [4.69, 9.17) is 0 Å². The SMILES string of the molecule is CCNC(Cc1nnn(C)n1)c1cc2c(s1)CCCCC2. The van der Waals surface area contributed by atoms with E-state index in [1.165, 1.54) is 41.8 Å². The van der Waals surface area contributed by atoms with Crippen molar-refractivity contribution in [3.8, 4) is 0 Å². The van der Waals surface area contributed by atoms with Crippen molar-refractivity contribution in [2.24, 2.45) is 7.05 Å². The molecule has 2 aromatic heterocycles. The monoisotopic (exact) mass is 305 g/mol. The second-order valence-electron chi connectivity index (χ2n) is 5.67. The molecule has 0 bridgehead atoms. The van der Waals surface area contributed by atoms with Crippen molar-refractivity contribution in [1.29, 1.82) is 0 Å². The number of tetrazole rings is 1. The first-order valence-corrected chi connectivity index (χ1v) is 8.65. The third-order valence-electron chi connectivity index (χ3n) is 4.00. The van der Waals surface area contributed by atoms with E-state index in [0.717, 1.165) is 18.8 Å². The molecule has 0 amide bonds. The smallest absolute Gasteiger partial charge is 0.176 e. The maximum Gasteiger partial charge on any atom is 0.176 e. The quantitative estimate of drug-likeness (QED) is 0.862. The highest BCUT2D eigenvalue weighted by atomic mass is 32.1. The number of nitrogens with zero attached hydrogens (tertiary/aromatic N) is 4. The molecule has 5 nitrogen and oxygen atoms in total. The van der Waals surface area contributed by atoms with Crippen molar-refractivity contribution < 1.29 is 0 Å². The van der Waals surface area contributed by atoms with Crippen LogP contribution in [0.5, 0.6) is 0 Å². The van der Waals surface area contributed by atoms with Crippen LogP contribution < -0.4 is 5.32 Å². The van der Waals surface area contributed by atoms with Gasteiger partial charge in [0, 0.05) is 22.2 Å². The molecule has 0 aromatic carbocycles. The Morgan fingerprint density at radius 3 is 2.95 bits per heavy atom. The van der Waals surface area contributed by atoms with Gasteiger partial charge >= 0.3 is 0 Å². The summed E-state index contributed by atoms with van der Waals surface area (Å²) in [5.74, 6) is 0.812. The standard InChI is InChI=1S/C15H23N5S/c1-3-16-12(10-15-17-19-20(2)18-15)14-9-11-7-5-4-6-8-13(11)21-14/h9,12,16H,3-8,10H2,1-2H3. The minimum Gasteiger partial charge on any atom is -0.309 e. The summed E-state index contributed by atoms with van der Waals surface area (Å²) in [6, 6.07) is 2.71. The lowest BCUT2D eigenvalue weighted by molar-refractivity contribution is 0.542. The number of aromatic nitrogens is 4. The van der Waals surface area contributed by atoms with Gasteiger partial charge in [-0.3, -0.25) is 0 Å². The maximum atomic E-state index is 4.31.